The first-order valence-electron chi connectivity index (χ1n) is 6.89. The monoisotopic (exact) mass is 333 g/mol. The Balaban J connectivity index is 2.32. The number of carbonyl (C=O) groups is 1. The second-order valence-electron chi connectivity index (χ2n) is 4.69. The molecule has 0 bridgehead atoms. The van der Waals surface area contributed by atoms with Crippen LogP contribution in [0, 0.1) is 10.1 Å². The Labute approximate surface area is 137 Å². The second-order valence-corrected chi connectivity index (χ2v) is 4.69. The summed E-state index contributed by atoms with van der Waals surface area (Å²) in [6.45, 7) is -0.480. The molecular weight excluding hydrogens is 318 g/mol. The summed E-state index contributed by atoms with van der Waals surface area (Å²) < 4.78 is 15.6. The number of carboxylic acid groups (broad SMARTS) is 1. The highest BCUT2D eigenvalue weighted by Crippen LogP contribution is 2.41. The van der Waals surface area contributed by atoms with Crippen molar-refractivity contribution < 1.29 is 29.0 Å². The summed E-state index contributed by atoms with van der Waals surface area (Å²) in [4.78, 5) is 21.3. The van der Waals surface area contributed by atoms with Crippen LogP contribution in [-0.2, 0) is 11.4 Å². The van der Waals surface area contributed by atoms with Crippen molar-refractivity contribution in [3.63, 3.8) is 0 Å². The first kappa shape index (κ1) is 17.1. The normalized spacial score (nSPS) is 10.0. The highest BCUT2D eigenvalue weighted by atomic mass is 16.6. The van der Waals surface area contributed by atoms with E-state index >= 15 is 0 Å². The molecule has 0 saturated heterocycles. The van der Waals surface area contributed by atoms with E-state index in [0.29, 0.717) is 0 Å². The number of rotatable bonds is 8. The van der Waals surface area contributed by atoms with Crippen molar-refractivity contribution in [1.29, 1.82) is 0 Å². The van der Waals surface area contributed by atoms with E-state index < -0.39 is 17.5 Å². The summed E-state index contributed by atoms with van der Waals surface area (Å²) in [6.07, 6.45) is 0. The van der Waals surface area contributed by atoms with Gasteiger partial charge in [-0.15, -0.1) is 0 Å². The van der Waals surface area contributed by atoms with Gasteiger partial charge in [0.2, 0.25) is 11.5 Å². The molecule has 0 heterocycles. The van der Waals surface area contributed by atoms with Gasteiger partial charge in [-0.25, -0.2) is 4.79 Å². The molecule has 0 spiro atoms. The number of hydrogen-bond donors (Lipinski definition) is 1. The number of hydrogen-bond acceptors (Lipinski definition) is 6. The topological polar surface area (TPSA) is 108 Å². The van der Waals surface area contributed by atoms with Gasteiger partial charge >= 0.3 is 11.7 Å². The number of benzene rings is 2. The Morgan fingerprint density at radius 2 is 1.83 bits per heavy atom. The molecule has 24 heavy (non-hydrogen) atoms. The van der Waals surface area contributed by atoms with Gasteiger partial charge in [0.15, 0.2) is 6.61 Å². The van der Waals surface area contributed by atoms with Crippen molar-refractivity contribution in [2.75, 3.05) is 13.7 Å². The van der Waals surface area contributed by atoms with E-state index in [0.717, 1.165) is 5.56 Å². The fraction of sp³-hybridized carbons (Fsp3) is 0.188. The lowest BCUT2D eigenvalue weighted by Crippen LogP contribution is -2.10. The zero-order chi connectivity index (χ0) is 17.5. The fourth-order valence-electron chi connectivity index (χ4n) is 1.97. The molecule has 0 fully saturated rings. The van der Waals surface area contributed by atoms with Crippen LogP contribution in [0.3, 0.4) is 0 Å². The van der Waals surface area contributed by atoms with E-state index in [1.165, 1.54) is 19.2 Å². The Hall–Kier alpha value is -3.29. The minimum Gasteiger partial charge on any atom is -0.490 e. The van der Waals surface area contributed by atoms with Crippen LogP contribution in [-0.4, -0.2) is 29.7 Å². The lowest BCUT2D eigenvalue weighted by molar-refractivity contribution is -0.386. The third-order valence-corrected chi connectivity index (χ3v) is 3.02. The molecule has 0 aliphatic heterocycles. The second kappa shape index (κ2) is 7.82. The van der Waals surface area contributed by atoms with Crippen LogP contribution in [0.4, 0.5) is 5.69 Å². The lowest BCUT2D eigenvalue weighted by Gasteiger charge is -2.12. The minimum absolute atomic E-state index is 0.0661. The highest BCUT2D eigenvalue weighted by molar-refractivity contribution is 5.69. The molecule has 2 aromatic rings. The molecular formula is C16H15NO7. The fourth-order valence-corrected chi connectivity index (χ4v) is 1.97. The largest absolute Gasteiger partial charge is 0.490 e. The van der Waals surface area contributed by atoms with E-state index in [2.05, 4.69) is 0 Å². The van der Waals surface area contributed by atoms with Crippen molar-refractivity contribution in [1.82, 2.24) is 0 Å². The summed E-state index contributed by atoms with van der Waals surface area (Å²) in [5.41, 5.74) is 0.471. The maximum absolute atomic E-state index is 11.3. The molecule has 8 nitrogen and oxygen atoms in total. The van der Waals surface area contributed by atoms with Crippen molar-refractivity contribution in [2.45, 2.75) is 6.61 Å². The molecule has 1 N–H and O–H groups in total. The van der Waals surface area contributed by atoms with Crippen LogP contribution in [0.2, 0.25) is 0 Å². The number of methoxy groups -OCH3 is 1. The standard InChI is InChI=1S/C16H15NO7/c1-22-13-7-12(23-10-15(18)19)8-14(16(13)17(20)21)24-9-11-5-3-2-4-6-11/h2-8H,9-10H2,1H3,(H,18,19). The summed E-state index contributed by atoms with van der Waals surface area (Å²) in [5.74, 6) is -1.21. The zero-order valence-electron chi connectivity index (χ0n) is 12.8. The van der Waals surface area contributed by atoms with Gasteiger partial charge < -0.3 is 19.3 Å². The van der Waals surface area contributed by atoms with Gasteiger partial charge in [0.25, 0.3) is 0 Å². The van der Waals surface area contributed by atoms with Crippen LogP contribution in [0.15, 0.2) is 42.5 Å². The third-order valence-electron chi connectivity index (χ3n) is 3.02. The quantitative estimate of drug-likeness (QED) is 0.584. The van der Waals surface area contributed by atoms with E-state index in [1.54, 1.807) is 0 Å². The predicted octanol–water partition coefficient (Wildman–Crippen LogP) is 2.65. The van der Waals surface area contributed by atoms with Gasteiger partial charge in [-0.05, 0) is 5.56 Å². The molecule has 0 aromatic heterocycles. The molecule has 0 saturated carbocycles. The smallest absolute Gasteiger partial charge is 0.352 e. The Morgan fingerprint density at radius 1 is 1.17 bits per heavy atom. The Morgan fingerprint density at radius 3 is 2.42 bits per heavy atom. The van der Waals surface area contributed by atoms with Crippen LogP contribution >= 0.6 is 0 Å². The minimum atomic E-state index is -1.17. The molecule has 2 aromatic carbocycles. The van der Waals surface area contributed by atoms with Crippen LogP contribution in [0.5, 0.6) is 17.2 Å². The van der Waals surface area contributed by atoms with Gasteiger partial charge in [0.1, 0.15) is 12.4 Å². The molecule has 0 unspecified atom stereocenters. The van der Waals surface area contributed by atoms with Crippen LogP contribution in [0.25, 0.3) is 0 Å². The molecule has 0 atom stereocenters. The zero-order valence-corrected chi connectivity index (χ0v) is 12.8. The first-order valence-corrected chi connectivity index (χ1v) is 6.89. The third kappa shape index (κ3) is 4.35. The van der Waals surface area contributed by atoms with Gasteiger partial charge in [-0.2, -0.15) is 0 Å². The summed E-state index contributed by atoms with van der Waals surface area (Å²) >= 11 is 0. The van der Waals surface area contributed by atoms with Crippen molar-refractivity contribution in [2.24, 2.45) is 0 Å². The van der Waals surface area contributed by atoms with Gasteiger partial charge in [0.05, 0.1) is 12.0 Å². The number of nitro groups is 1. The highest BCUT2D eigenvalue weighted by Gasteiger charge is 2.24. The average molecular weight is 333 g/mol. The number of nitrogens with zero attached hydrogens (tertiary/aromatic N) is 1. The maximum Gasteiger partial charge on any atom is 0.352 e. The molecule has 0 aliphatic rings. The van der Waals surface area contributed by atoms with E-state index in [1.807, 2.05) is 30.3 Å². The number of ether oxygens (including phenoxy) is 3. The Bertz CT molecular complexity index is 731. The summed E-state index contributed by atoms with van der Waals surface area (Å²) in [5, 5.41) is 20.0. The number of carboxylic acids is 1. The molecule has 126 valence electrons. The SMILES string of the molecule is COc1cc(OCC(=O)O)cc(OCc2ccccc2)c1[N+](=O)[O-]. The van der Waals surface area contributed by atoms with Crippen molar-refractivity contribution in [3.8, 4) is 17.2 Å². The van der Waals surface area contributed by atoms with Crippen LogP contribution in [0.1, 0.15) is 5.56 Å². The summed E-state index contributed by atoms with van der Waals surface area (Å²) in [7, 11) is 1.27. The van der Waals surface area contributed by atoms with Crippen LogP contribution < -0.4 is 14.2 Å². The van der Waals surface area contributed by atoms with E-state index in [-0.39, 0.29) is 29.5 Å². The summed E-state index contributed by atoms with van der Waals surface area (Å²) in [6, 6.07) is 11.6. The van der Waals surface area contributed by atoms with Gasteiger partial charge in [-0.3, -0.25) is 10.1 Å². The molecule has 0 radical (unpaired) electrons. The maximum atomic E-state index is 11.3. The van der Waals surface area contributed by atoms with Gasteiger partial charge in [0, 0.05) is 12.1 Å². The average Bonchev–Trinajstić information content (AvgIpc) is 2.58. The van der Waals surface area contributed by atoms with Crippen molar-refractivity contribution in [3.05, 3.63) is 58.1 Å². The predicted molar refractivity (Wildman–Crippen MR) is 83.6 cm³/mol. The molecule has 0 amide bonds. The number of aliphatic carboxylic acids is 1. The molecule has 0 aliphatic carbocycles. The molecule has 8 heteroatoms. The number of nitro benzene ring substituents is 1. The lowest BCUT2D eigenvalue weighted by atomic mass is 10.2. The Kier molecular flexibility index (Phi) is 5.56. The first-order chi connectivity index (χ1) is 11.5. The van der Waals surface area contributed by atoms with E-state index in [4.69, 9.17) is 19.3 Å². The molecule has 2 rings (SSSR count). The van der Waals surface area contributed by atoms with Crippen molar-refractivity contribution >= 4 is 11.7 Å². The van der Waals surface area contributed by atoms with E-state index in [9.17, 15) is 14.9 Å². The van der Waals surface area contributed by atoms with Gasteiger partial charge in [-0.1, -0.05) is 30.3 Å².